The molecule has 0 spiro atoms. The lowest BCUT2D eigenvalue weighted by Gasteiger charge is -2.33. The molecule has 3 aromatic rings. The van der Waals surface area contributed by atoms with Crippen LogP contribution in [0.2, 0.25) is 5.02 Å². The molecule has 0 aliphatic carbocycles. The van der Waals surface area contributed by atoms with Crippen LogP contribution in [0.5, 0.6) is 0 Å². The van der Waals surface area contributed by atoms with E-state index >= 15 is 0 Å². The molecule has 1 heterocycles. The Balaban J connectivity index is 1.81. The summed E-state index contributed by atoms with van der Waals surface area (Å²) in [6.07, 6.45) is 0.705. The van der Waals surface area contributed by atoms with E-state index in [0.717, 1.165) is 28.9 Å². The maximum absolute atomic E-state index is 14.2. The van der Waals surface area contributed by atoms with Gasteiger partial charge in [0.1, 0.15) is 5.41 Å². The lowest BCUT2D eigenvalue weighted by atomic mass is 9.73. The molecule has 5 heteroatoms. The average Bonchev–Trinajstić information content (AvgIpc) is 3.03. The van der Waals surface area contributed by atoms with Crippen LogP contribution in [0.3, 0.4) is 0 Å². The SMILES string of the molecule is CN(C)CCC1(c2ccccc2)C(=O)N(N(C)Cc2ccccc2Cl)c2ccccc21. The second-order valence-electron chi connectivity index (χ2n) is 8.37. The third-order valence-electron chi connectivity index (χ3n) is 6.05. The number of rotatable bonds is 7. The maximum atomic E-state index is 14.2. The van der Waals surface area contributed by atoms with E-state index in [2.05, 4.69) is 23.1 Å². The first kappa shape index (κ1) is 21.6. The summed E-state index contributed by atoms with van der Waals surface area (Å²) >= 11 is 6.41. The molecule has 0 aromatic heterocycles. The number of hydrazine groups is 1. The second kappa shape index (κ2) is 8.83. The molecule has 4 nitrogen and oxygen atoms in total. The largest absolute Gasteiger partial charge is 0.309 e. The molecule has 1 aliphatic heterocycles. The number of para-hydroxylation sites is 1. The van der Waals surface area contributed by atoms with Gasteiger partial charge in [0.05, 0.1) is 5.69 Å². The van der Waals surface area contributed by atoms with Crippen molar-refractivity contribution < 1.29 is 4.79 Å². The van der Waals surface area contributed by atoms with Crippen molar-refractivity contribution in [2.75, 3.05) is 32.7 Å². The number of amides is 1. The zero-order valence-electron chi connectivity index (χ0n) is 18.3. The van der Waals surface area contributed by atoms with E-state index < -0.39 is 5.41 Å². The van der Waals surface area contributed by atoms with Crippen molar-refractivity contribution in [2.45, 2.75) is 18.4 Å². The van der Waals surface area contributed by atoms with Crippen LogP contribution in [-0.2, 0) is 16.8 Å². The summed E-state index contributed by atoms with van der Waals surface area (Å²) < 4.78 is 0. The average molecular weight is 434 g/mol. The zero-order chi connectivity index (χ0) is 22.0. The van der Waals surface area contributed by atoms with Gasteiger partial charge in [0.2, 0.25) is 0 Å². The quantitative estimate of drug-likeness (QED) is 0.526. The standard InChI is InChI=1S/C26H28ClN3O/c1-28(2)18-17-26(21-12-5-4-6-13-21)22-14-8-10-16-24(22)30(25(26)31)29(3)19-20-11-7-9-15-23(20)27/h4-16H,17-19H2,1-3H3. The van der Waals surface area contributed by atoms with Gasteiger partial charge in [0.15, 0.2) is 0 Å². The van der Waals surface area contributed by atoms with Crippen LogP contribution in [-0.4, -0.2) is 43.5 Å². The first-order chi connectivity index (χ1) is 14.9. The van der Waals surface area contributed by atoms with Crippen molar-refractivity contribution in [2.24, 2.45) is 0 Å². The second-order valence-corrected chi connectivity index (χ2v) is 8.77. The summed E-state index contributed by atoms with van der Waals surface area (Å²) in [5, 5.41) is 4.51. The summed E-state index contributed by atoms with van der Waals surface area (Å²) in [7, 11) is 6.04. The fourth-order valence-corrected chi connectivity index (χ4v) is 4.68. The Bertz CT molecular complexity index is 1070. The van der Waals surface area contributed by atoms with Gasteiger partial charge in [-0.15, -0.1) is 0 Å². The number of nitrogens with zero attached hydrogens (tertiary/aromatic N) is 3. The van der Waals surface area contributed by atoms with Crippen LogP contribution >= 0.6 is 11.6 Å². The molecule has 0 N–H and O–H groups in total. The summed E-state index contributed by atoms with van der Waals surface area (Å²) in [5.74, 6) is 0.0799. The van der Waals surface area contributed by atoms with Gasteiger partial charge in [0.25, 0.3) is 5.91 Å². The van der Waals surface area contributed by atoms with Gasteiger partial charge < -0.3 is 4.90 Å². The van der Waals surface area contributed by atoms with E-state index in [0.29, 0.717) is 18.0 Å². The monoisotopic (exact) mass is 433 g/mol. The molecule has 0 saturated carbocycles. The van der Waals surface area contributed by atoms with Crippen LogP contribution in [0.4, 0.5) is 5.69 Å². The van der Waals surface area contributed by atoms with Crippen LogP contribution < -0.4 is 5.01 Å². The first-order valence-corrected chi connectivity index (χ1v) is 10.9. The molecule has 0 saturated heterocycles. The van der Waals surface area contributed by atoms with Crippen LogP contribution in [0.25, 0.3) is 0 Å². The van der Waals surface area contributed by atoms with Gasteiger partial charge in [-0.2, -0.15) is 0 Å². The van der Waals surface area contributed by atoms with Crippen LogP contribution in [0.1, 0.15) is 23.1 Å². The number of halogens is 1. The number of hydrogen-bond acceptors (Lipinski definition) is 3. The van der Waals surface area contributed by atoms with Gasteiger partial charge >= 0.3 is 0 Å². The van der Waals surface area contributed by atoms with E-state index in [1.54, 1.807) is 0 Å². The summed E-state index contributed by atoms with van der Waals surface area (Å²) in [4.78, 5) is 16.4. The Morgan fingerprint density at radius 3 is 2.23 bits per heavy atom. The highest BCUT2D eigenvalue weighted by Crippen LogP contribution is 2.48. The van der Waals surface area contributed by atoms with Crippen molar-refractivity contribution in [3.05, 3.63) is 101 Å². The zero-order valence-corrected chi connectivity index (χ0v) is 19.0. The fraction of sp³-hybridized carbons (Fsp3) is 0.269. The Labute approximate surface area is 189 Å². The minimum absolute atomic E-state index is 0.0799. The molecule has 1 atom stereocenters. The molecule has 1 aliphatic rings. The Kier molecular flexibility index (Phi) is 6.15. The fourth-order valence-electron chi connectivity index (χ4n) is 4.49. The smallest absolute Gasteiger partial charge is 0.256 e. The van der Waals surface area contributed by atoms with E-state index in [1.807, 2.05) is 91.8 Å². The minimum Gasteiger partial charge on any atom is -0.309 e. The van der Waals surface area contributed by atoms with Crippen molar-refractivity contribution >= 4 is 23.2 Å². The van der Waals surface area contributed by atoms with Crippen molar-refractivity contribution in [1.29, 1.82) is 0 Å². The van der Waals surface area contributed by atoms with E-state index in [9.17, 15) is 4.79 Å². The van der Waals surface area contributed by atoms with Gasteiger partial charge in [-0.25, -0.2) is 10.0 Å². The summed E-state index contributed by atoms with van der Waals surface area (Å²) in [6.45, 7) is 1.34. The molecule has 1 amide bonds. The molecule has 3 aromatic carbocycles. The number of benzene rings is 3. The van der Waals surface area contributed by atoms with Gasteiger partial charge in [0, 0.05) is 18.6 Å². The van der Waals surface area contributed by atoms with Gasteiger partial charge in [-0.05, 0) is 55.9 Å². The molecule has 0 bridgehead atoms. The molecule has 4 rings (SSSR count). The third kappa shape index (κ3) is 3.87. The highest BCUT2D eigenvalue weighted by Gasteiger charge is 2.52. The molecule has 160 valence electrons. The number of carbonyl (C=O) groups excluding carboxylic acids is 1. The Morgan fingerprint density at radius 2 is 1.52 bits per heavy atom. The van der Waals surface area contributed by atoms with E-state index in [1.165, 1.54) is 0 Å². The molecule has 31 heavy (non-hydrogen) atoms. The Morgan fingerprint density at radius 1 is 0.871 bits per heavy atom. The topological polar surface area (TPSA) is 26.8 Å². The van der Waals surface area contributed by atoms with Gasteiger partial charge in [-0.3, -0.25) is 4.79 Å². The Hall–Kier alpha value is -2.66. The number of anilines is 1. The maximum Gasteiger partial charge on any atom is 0.256 e. The first-order valence-electron chi connectivity index (χ1n) is 10.5. The molecule has 1 unspecified atom stereocenters. The van der Waals surface area contributed by atoms with Crippen molar-refractivity contribution in [3.8, 4) is 0 Å². The highest BCUT2D eigenvalue weighted by atomic mass is 35.5. The van der Waals surface area contributed by atoms with Crippen LogP contribution in [0, 0.1) is 0 Å². The van der Waals surface area contributed by atoms with E-state index in [4.69, 9.17) is 11.6 Å². The van der Waals surface area contributed by atoms with Crippen LogP contribution in [0.15, 0.2) is 78.9 Å². The summed E-state index contributed by atoms with van der Waals surface area (Å²) in [5.41, 5.74) is 3.28. The number of carbonyl (C=O) groups is 1. The third-order valence-corrected chi connectivity index (χ3v) is 6.42. The number of fused-ring (bicyclic) bond motifs is 1. The minimum atomic E-state index is -0.725. The molecular formula is C26H28ClN3O. The predicted molar refractivity (Wildman–Crippen MR) is 127 cm³/mol. The lowest BCUT2D eigenvalue weighted by molar-refractivity contribution is -0.124. The highest BCUT2D eigenvalue weighted by molar-refractivity contribution is 6.31. The predicted octanol–water partition coefficient (Wildman–Crippen LogP) is 4.97. The van der Waals surface area contributed by atoms with Crippen molar-refractivity contribution in [3.63, 3.8) is 0 Å². The number of hydrogen-bond donors (Lipinski definition) is 0. The lowest BCUT2D eigenvalue weighted by Crippen LogP contribution is -2.49. The van der Waals surface area contributed by atoms with Crippen molar-refractivity contribution in [1.82, 2.24) is 9.91 Å². The van der Waals surface area contributed by atoms with Gasteiger partial charge in [-0.1, -0.05) is 78.3 Å². The molecular weight excluding hydrogens is 406 g/mol. The van der Waals surface area contributed by atoms with E-state index in [-0.39, 0.29) is 5.91 Å². The normalized spacial score (nSPS) is 18.1. The molecule has 0 radical (unpaired) electrons. The molecule has 0 fully saturated rings. The summed E-state index contributed by atoms with van der Waals surface area (Å²) in [6, 6.07) is 26.1.